The highest BCUT2D eigenvalue weighted by Crippen LogP contribution is 2.29. The molecule has 0 fully saturated rings. The summed E-state index contributed by atoms with van der Waals surface area (Å²) in [6, 6.07) is 9.52. The third kappa shape index (κ3) is 4.37. The van der Waals surface area contributed by atoms with E-state index in [1.54, 1.807) is 30.3 Å². The smallest absolute Gasteiger partial charge is 0.257 e. The van der Waals surface area contributed by atoms with Gasteiger partial charge in [-0.05, 0) is 36.4 Å². The van der Waals surface area contributed by atoms with Crippen molar-refractivity contribution in [3.05, 3.63) is 52.0 Å². The fourth-order valence-electron chi connectivity index (χ4n) is 1.95. The maximum Gasteiger partial charge on any atom is 0.257 e. The highest BCUT2D eigenvalue weighted by atomic mass is 35.5. The largest absolute Gasteiger partial charge is 0.495 e. The summed E-state index contributed by atoms with van der Waals surface area (Å²) in [5.74, 6) is -0.202. The summed E-state index contributed by atoms with van der Waals surface area (Å²) in [5, 5.41) is 6.02. The lowest BCUT2D eigenvalue weighted by atomic mass is 10.2. The minimum Gasteiger partial charge on any atom is -0.495 e. The van der Waals surface area contributed by atoms with Gasteiger partial charge in [0.05, 0.1) is 23.4 Å². The van der Waals surface area contributed by atoms with Crippen LogP contribution in [-0.2, 0) is 4.79 Å². The molecule has 0 saturated carbocycles. The first-order chi connectivity index (χ1) is 10.9. The first kappa shape index (κ1) is 17.1. The van der Waals surface area contributed by atoms with Gasteiger partial charge in [-0.3, -0.25) is 9.59 Å². The first-order valence-corrected chi connectivity index (χ1v) is 7.38. The van der Waals surface area contributed by atoms with Gasteiger partial charge < -0.3 is 15.4 Å². The van der Waals surface area contributed by atoms with Gasteiger partial charge in [0.25, 0.3) is 5.91 Å². The molecule has 0 aliphatic rings. The first-order valence-electron chi connectivity index (χ1n) is 6.62. The zero-order valence-corrected chi connectivity index (χ0v) is 14.0. The fraction of sp³-hybridized carbons (Fsp3) is 0.125. The molecule has 2 rings (SSSR count). The predicted octanol–water partition coefficient (Wildman–Crippen LogP) is 4.21. The molecule has 0 heterocycles. The molecule has 2 N–H and O–H groups in total. The summed E-state index contributed by atoms with van der Waals surface area (Å²) in [4.78, 5) is 23.5. The highest BCUT2D eigenvalue weighted by molar-refractivity contribution is 6.36. The van der Waals surface area contributed by atoms with Crippen LogP contribution in [0.15, 0.2) is 36.4 Å². The van der Waals surface area contributed by atoms with Gasteiger partial charge in [-0.15, -0.1) is 0 Å². The van der Waals surface area contributed by atoms with Gasteiger partial charge in [0, 0.05) is 17.6 Å². The summed E-state index contributed by atoms with van der Waals surface area (Å²) in [7, 11) is 1.48. The second-order valence-corrected chi connectivity index (χ2v) is 5.52. The SMILES string of the molecule is COc1ccc(NC(C)=O)cc1NC(=O)c1cc(Cl)ccc1Cl. The molecule has 0 radical (unpaired) electrons. The van der Waals surface area contributed by atoms with Gasteiger partial charge in [-0.1, -0.05) is 23.2 Å². The number of carbonyl (C=O) groups is 2. The zero-order valence-electron chi connectivity index (χ0n) is 12.4. The van der Waals surface area contributed by atoms with E-state index in [4.69, 9.17) is 27.9 Å². The lowest BCUT2D eigenvalue weighted by Crippen LogP contribution is -2.14. The number of rotatable bonds is 4. The van der Waals surface area contributed by atoms with Gasteiger partial charge in [0.1, 0.15) is 5.75 Å². The van der Waals surface area contributed by atoms with E-state index in [1.807, 2.05) is 0 Å². The number of hydrogen-bond donors (Lipinski definition) is 2. The maximum absolute atomic E-state index is 12.4. The molecule has 0 unspecified atom stereocenters. The van der Waals surface area contributed by atoms with Crippen LogP contribution >= 0.6 is 23.2 Å². The lowest BCUT2D eigenvalue weighted by molar-refractivity contribution is -0.114. The zero-order chi connectivity index (χ0) is 17.0. The van der Waals surface area contributed by atoms with Crippen LogP contribution in [-0.4, -0.2) is 18.9 Å². The molecule has 2 amide bonds. The Kier molecular flexibility index (Phi) is 5.47. The van der Waals surface area contributed by atoms with Gasteiger partial charge in [-0.25, -0.2) is 0 Å². The summed E-state index contributed by atoms with van der Waals surface area (Å²) in [6.45, 7) is 1.40. The Morgan fingerprint density at radius 1 is 1.04 bits per heavy atom. The van der Waals surface area contributed by atoms with E-state index in [2.05, 4.69) is 10.6 Å². The van der Waals surface area contributed by atoms with Crippen LogP contribution in [0.2, 0.25) is 10.0 Å². The van der Waals surface area contributed by atoms with Crippen LogP contribution in [0.3, 0.4) is 0 Å². The van der Waals surface area contributed by atoms with Crippen LogP contribution in [0.25, 0.3) is 0 Å². The number of ether oxygens (including phenoxy) is 1. The Labute approximate surface area is 143 Å². The van der Waals surface area contributed by atoms with Crippen molar-refractivity contribution >= 4 is 46.4 Å². The van der Waals surface area contributed by atoms with E-state index in [0.717, 1.165) is 0 Å². The topological polar surface area (TPSA) is 67.4 Å². The van der Waals surface area contributed by atoms with E-state index in [9.17, 15) is 9.59 Å². The number of benzene rings is 2. The molecule has 0 spiro atoms. The average molecular weight is 353 g/mol. The van der Waals surface area contributed by atoms with Crippen LogP contribution in [0.1, 0.15) is 17.3 Å². The number of amides is 2. The van der Waals surface area contributed by atoms with Gasteiger partial charge in [-0.2, -0.15) is 0 Å². The van der Waals surface area contributed by atoms with Crippen LogP contribution < -0.4 is 15.4 Å². The van der Waals surface area contributed by atoms with Crippen molar-refractivity contribution in [2.24, 2.45) is 0 Å². The van der Waals surface area contributed by atoms with Crippen molar-refractivity contribution in [2.45, 2.75) is 6.92 Å². The Bertz CT molecular complexity index is 763. The molecular weight excluding hydrogens is 339 g/mol. The number of carbonyl (C=O) groups excluding carboxylic acids is 2. The lowest BCUT2D eigenvalue weighted by Gasteiger charge is -2.13. The summed E-state index contributed by atoms with van der Waals surface area (Å²) >= 11 is 11.9. The van der Waals surface area contributed by atoms with Crippen molar-refractivity contribution < 1.29 is 14.3 Å². The number of nitrogens with one attached hydrogen (secondary N) is 2. The number of anilines is 2. The molecule has 0 aromatic heterocycles. The molecule has 0 bridgehead atoms. The average Bonchev–Trinajstić information content (AvgIpc) is 2.49. The summed E-state index contributed by atoms with van der Waals surface area (Å²) in [5.41, 5.74) is 1.18. The predicted molar refractivity (Wildman–Crippen MR) is 91.7 cm³/mol. The monoisotopic (exact) mass is 352 g/mol. The van der Waals surface area contributed by atoms with Crippen LogP contribution in [0.5, 0.6) is 5.75 Å². The Balaban J connectivity index is 2.32. The van der Waals surface area contributed by atoms with Crippen LogP contribution in [0.4, 0.5) is 11.4 Å². The third-order valence-electron chi connectivity index (χ3n) is 2.94. The molecule has 2 aromatic carbocycles. The number of hydrogen-bond acceptors (Lipinski definition) is 3. The molecule has 0 aliphatic heterocycles. The molecule has 23 heavy (non-hydrogen) atoms. The molecule has 7 heteroatoms. The van der Waals surface area contributed by atoms with E-state index in [1.165, 1.54) is 20.1 Å². The summed E-state index contributed by atoms with van der Waals surface area (Å²) < 4.78 is 5.21. The molecule has 0 aliphatic carbocycles. The van der Waals surface area contributed by atoms with Crippen molar-refractivity contribution in [3.63, 3.8) is 0 Å². The fourth-order valence-corrected chi connectivity index (χ4v) is 2.32. The van der Waals surface area contributed by atoms with Gasteiger partial charge in [0.2, 0.25) is 5.91 Å². The van der Waals surface area contributed by atoms with E-state index >= 15 is 0 Å². The Hall–Kier alpha value is -2.24. The van der Waals surface area contributed by atoms with E-state index < -0.39 is 5.91 Å². The minimum atomic E-state index is -0.434. The molecule has 0 saturated heterocycles. The van der Waals surface area contributed by atoms with Gasteiger partial charge in [0.15, 0.2) is 0 Å². The standard InChI is InChI=1S/C16H14Cl2N2O3/c1-9(21)19-11-4-6-15(23-2)14(8-11)20-16(22)12-7-10(17)3-5-13(12)18/h3-8H,1-2H3,(H,19,21)(H,20,22). The summed E-state index contributed by atoms with van der Waals surface area (Å²) in [6.07, 6.45) is 0. The highest BCUT2D eigenvalue weighted by Gasteiger charge is 2.14. The van der Waals surface area contributed by atoms with Crippen molar-refractivity contribution in [1.82, 2.24) is 0 Å². The minimum absolute atomic E-state index is 0.217. The van der Waals surface area contributed by atoms with E-state index in [0.29, 0.717) is 22.1 Å². The molecular formula is C16H14Cl2N2O3. The number of halogens is 2. The van der Waals surface area contributed by atoms with Crippen molar-refractivity contribution in [2.75, 3.05) is 17.7 Å². The van der Waals surface area contributed by atoms with Crippen molar-refractivity contribution in [3.8, 4) is 5.75 Å². The number of methoxy groups -OCH3 is 1. The van der Waals surface area contributed by atoms with Crippen molar-refractivity contribution in [1.29, 1.82) is 0 Å². The molecule has 2 aromatic rings. The third-order valence-corrected chi connectivity index (χ3v) is 3.51. The van der Waals surface area contributed by atoms with E-state index in [-0.39, 0.29) is 16.5 Å². The molecule has 120 valence electrons. The Morgan fingerprint density at radius 3 is 2.43 bits per heavy atom. The molecule has 5 nitrogen and oxygen atoms in total. The second kappa shape index (κ2) is 7.35. The van der Waals surface area contributed by atoms with Gasteiger partial charge >= 0.3 is 0 Å². The molecule has 0 atom stereocenters. The van der Waals surface area contributed by atoms with Crippen LogP contribution in [0, 0.1) is 0 Å². The second-order valence-electron chi connectivity index (χ2n) is 4.67. The Morgan fingerprint density at radius 2 is 1.78 bits per heavy atom. The maximum atomic E-state index is 12.4. The quantitative estimate of drug-likeness (QED) is 0.865. The normalized spacial score (nSPS) is 10.1.